The van der Waals surface area contributed by atoms with Crippen molar-refractivity contribution in [2.24, 2.45) is 0 Å². The molecule has 0 saturated heterocycles. The number of nitrogens with zero attached hydrogens (tertiary/aromatic N) is 1. The average Bonchev–Trinajstić information content (AvgIpc) is 2.59. The number of aromatic nitrogens is 1. The first-order valence-corrected chi connectivity index (χ1v) is 7.42. The summed E-state index contributed by atoms with van der Waals surface area (Å²) < 4.78 is 37.7. The van der Waals surface area contributed by atoms with E-state index in [4.69, 9.17) is 16.4 Å². The first-order valence-electron chi connectivity index (χ1n) is 7.04. The summed E-state index contributed by atoms with van der Waals surface area (Å²) in [5.74, 6) is -0.905. The lowest BCUT2D eigenvalue weighted by Crippen LogP contribution is -2.27. The van der Waals surface area contributed by atoms with Gasteiger partial charge in [-0.1, -0.05) is 48.0 Å². The van der Waals surface area contributed by atoms with E-state index in [1.165, 1.54) is 0 Å². The van der Waals surface area contributed by atoms with E-state index in [0.717, 1.165) is 5.39 Å². The number of carbonyl (C=O) groups is 1. The third-order valence-electron chi connectivity index (χ3n) is 3.41. The van der Waals surface area contributed by atoms with Gasteiger partial charge in [0.05, 0.1) is 11.1 Å². The molecule has 1 N–H and O–H groups in total. The second-order valence-corrected chi connectivity index (χ2v) is 5.48. The minimum atomic E-state index is -4.57. The number of rotatable bonds is 3. The van der Waals surface area contributed by atoms with Crippen LogP contribution < -0.4 is 10.3 Å². The van der Waals surface area contributed by atoms with Crippen molar-refractivity contribution in [2.45, 2.75) is 6.18 Å². The van der Waals surface area contributed by atoms with Crippen molar-refractivity contribution in [3.05, 3.63) is 70.9 Å². The maximum absolute atomic E-state index is 12.6. The number of benzene rings is 2. The summed E-state index contributed by atoms with van der Waals surface area (Å²) in [5.41, 5.74) is 1.48. The van der Waals surface area contributed by atoms with Crippen molar-refractivity contribution in [2.75, 3.05) is 0 Å². The molecule has 25 heavy (non-hydrogen) atoms. The van der Waals surface area contributed by atoms with Crippen LogP contribution in [0.1, 0.15) is 15.9 Å². The van der Waals surface area contributed by atoms with Crippen LogP contribution in [0.3, 0.4) is 0 Å². The van der Waals surface area contributed by atoms with Crippen molar-refractivity contribution < 1.29 is 22.8 Å². The van der Waals surface area contributed by atoms with Gasteiger partial charge >= 0.3 is 6.18 Å². The van der Waals surface area contributed by atoms with Crippen molar-refractivity contribution in [1.29, 1.82) is 0 Å². The molecule has 0 spiro atoms. The van der Waals surface area contributed by atoms with Gasteiger partial charge in [-0.3, -0.25) is 4.79 Å². The zero-order valence-corrected chi connectivity index (χ0v) is 13.2. The summed E-state index contributed by atoms with van der Waals surface area (Å²) in [6.45, 7) is 0. The maximum atomic E-state index is 12.6. The van der Waals surface area contributed by atoms with E-state index in [9.17, 15) is 18.0 Å². The zero-order valence-electron chi connectivity index (χ0n) is 12.5. The zero-order chi connectivity index (χ0) is 18.0. The number of hydrogen-bond donors (Lipinski definition) is 1. The molecule has 4 nitrogen and oxygen atoms in total. The number of carbonyl (C=O) groups excluding carboxylic acids is 1. The highest BCUT2D eigenvalue weighted by Gasteiger charge is 2.31. The Kier molecular flexibility index (Phi) is 4.50. The van der Waals surface area contributed by atoms with Crippen molar-refractivity contribution >= 4 is 28.3 Å². The molecule has 0 bridgehead atoms. The van der Waals surface area contributed by atoms with E-state index >= 15 is 0 Å². The third-order valence-corrected chi connectivity index (χ3v) is 3.68. The van der Waals surface area contributed by atoms with Gasteiger partial charge in [0, 0.05) is 6.20 Å². The first kappa shape index (κ1) is 17.0. The van der Waals surface area contributed by atoms with Crippen LogP contribution >= 0.6 is 11.6 Å². The molecule has 2 aromatic carbocycles. The molecule has 0 saturated carbocycles. The Hall–Kier alpha value is -2.80. The molecule has 3 aromatic rings. The predicted octanol–water partition coefficient (Wildman–Crippen LogP) is 4.63. The Bertz CT molecular complexity index is 939. The molecule has 0 atom stereocenters. The maximum Gasteiger partial charge on any atom is 0.417 e. The molecule has 1 amide bonds. The Balaban J connectivity index is 1.78. The summed E-state index contributed by atoms with van der Waals surface area (Å²) in [7, 11) is 0. The van der Waals surface area contributed by atoms with Gasteiger partial charge in [-0.05, 0) is 22.9 Å². The highest BCUT2D eigenvalue weighted by molar-refractivity contribution is 6.31. The monoisotopic (exact) mass is 366 g/mol. The predicted molar refractivity (Wildman–Crippen MR) is 86.3 cm³/mol. The molecule has 1 aromatic heterocycles. The topological polar surface area (TPSA) is 51.2 Å². The van der Waals surface area contributed by atoms with E-state index in [1.807, 2.05) is 18.2 Å². The number of halogens is 4. The van der Waals surface area contributed by atoms with Crippen LogP contribution in [0.2, 0.25) is 5.02 Å². The minimum Gasteiger partial charge on any atom is -0.357 e. The lowest BCUT2D eigenvalue weighted by molar-refractivity contribution is -0.137. The van der Waals surface area contributed by atoms with Crippen molar-refractivity contribution in [1.82, 2.24) is 10.5 Å². The van der Waals surface area contributed by atoms with E-state index < -0.39 is 17.6 Å². The Morgan fingerprint density at radius 3 is 2.56 bits per heavy atom. The lowest BCUT2D eigenvalue weighted by atomic mass is 10.0. The van der Waals surface area contributed by atoms with Crippen molar-refractivity contribution in [3.8, 4) is 5.88 Å². The molecule has 0 unspecified atom stereocenters. The molecule has 0 aliphatic carbocycles. The molecule has 0 radical (unpaired) electrons. The normalized spacial score (nSPS) is 11.4. The fraction of sp³-hybridized carbons (Fsp3) is 0.0588. The van der Waals surface area contributed by atoms with Crippen LogP contribution in [0.15, 0.2) is 54.7 Å². The van der Waals surface area contributed by atoms with Crippen LogP contribution in [-0.4, -0.2) is 10.9 Å². The Morgan fingerprint density at radius 1 is 1.12 bits per heavy atom. The first-order chi connectivity index (χ1) is 11.9. The summed E-state index contributed by atoms with van der Waals surface area (Å²) in [4.78, 5) is 20.7. The minimum absolute atomic E-state index is 0.330. The number of pyridine rings is 1. The van der Waals surface area contributed by atoms with Gasteiger partial charge in [-0.2, -0.15) is 18.7 Å². The van der Waals surface area contributed by atoms with E-state index in [0.29, 0.717) is 23.2 Å². The fourth-order valence-electron chi connectivity index (χ4n) is 2.23. The van der Waals surface area contributed by atoms with Gasteiger partial charge in [-0.25, -0.2) is 4.98 Å². The number of hydrogen-bond acceptors (Lipinski definition) is 3. The van der Waals surface area contributed by atoms with Crippen LogP contribution in [0.25, 0.3) is 10.8 Å². The van der Waals surface area contributed by atoms with Crippen LogP contribution in [-0.2, 0) is 6.18 Å². The smallest absolute Gasteiger partial charge is 0.357 e. The Labute approximate surface area is 145 Å². The second kappa shape index (κ2) is 6.60. The van der Waals surface area contributed by atoms with Gasteiger partial charge in [-0.15, -0.1) is 0 Å². The van der Waals surface area contributed by atoms with E-state index in [-0.39, 0.29) is 10.9 Å². The summed E-state index contributed by atoms with van der Waals surface area (Å²) in [6.07, 6.45) is -3.99. The molecular weight excluding hydrogens is 357 g/mol. The molecule has 3 rings (SSSR count). The Morgan fingerprint density at radius 2 is 1.84 bits per heavy atom. The highest BCUT2D eigenvalue weighted by Crippen LogP contribution is 2.32. The molecule has 8 heteroatoms. The lowest BCUT2D eigenvalue weighted by Gasteiger charge is -2.11. The van der Waals surface area contributed by atoms with E-state index in [2.05, 4.69) is 10.5 Å². The van der Waals surface area contributed by atoms with Crippen LogP contribution in [0.4, 0.5) is 13.2 Å². The third kappa shape index (κ3) is 3.66. The quantitative estimate of drug-likeness (QED) is 0.687. The molecule has 0 aliphatic rings. The van der Waals surface area contributed by atoms with Gasteiger partial charge in [0.1, 0.15) is 5.02 Å². The molecule has 0 fully saturated rings. The number of nitrogens with one attached hydrogen (secondary N) is 1. The number of alkyl halides is 3. The van der Waals surface area contributed by atoms with Crippen LogP contribution in [0, 0.1) is 0 Å². The number of amides is 1. The number of hydroxylamine groups is 1. The summed E-state index contributed by atoms with van der Waals surface area (Å²) in [5, 5.41) is 1.20. The fourth-order valence-corrected chi connectivity index (χ4v) is 2.43. The van der Waals surface area contributed by atoms with Gasteiger partial charge in [0.25, 0.3) is 11.8 Å². The second-order valence-electron chi connectivity index (χ2n) is 5.07. The standard InChI is InChI=1S/C17H10ClF3N2O2/c18-14-8-11(17(19,20)21)9-22-16(14)25-23-15(24)13-7-3-5-10-4-1-2-6-12(10)13/h1-9H,(H,23,24). The average molecular weight is 367 g/mol. The highest BCUT2D eigenvalue weighted by atomic mass is 35.5. The van der Waals surface area contributed by atoms with Gasteiger partial charge in [0.15, 0.2) is 0 Å². The molecule has 1 heterocycles. The van der Waals surface area contributed by atoms with Crippen LogP contribution in [0.5, 0.6) is 5.88 Å². The molecule has 0 aliphatic heterocycles. The molecular formula is C17H10ClF3N2O2. The summed E-state index contributed by atoms with van der Waals surface area (Å²) in [6, 6.07) is 13.1. The summed E-state index contributed by atoms with van der Waals surface area (Å²) >= 11 is 5.72. The number of fused-ring (bicyclic) bond motifs is 1. The SMILES string of the molecule is O=C(NOc1ncc(C(F)(F)F)cc1Cl)c1cccc2ccccc12. The van der Waals surface area contributed by atoms with Crippen molar-refractivity contribution in [3.63, 3.8) is 0 Å². The van der Waals surface area contributed by atoms with Gasteiger partial charge < -0.3 is 4.84 Å². The molecule has 128 valence electrons. The largest absolute Gasteiger partial charge is 0.417 e. The van der Waals surface area contributed by atoms with Gasteiger partial charge in [0.2, 0.25) is 0 Å². The van der Waals surface area contributed by atoms with E-state index in [1.54, 1.807) is 24.3 Å².